The predicted molar refractivity (Wildman–Crippen MR) is 213 cm³/mol. The summed E-state index contributed by atoms with van der Waals surface area (Å²) < 4.78 is 8.58. The van der Waals surface area contributed by atoms with E-state index in [1.807, 2.05) is 12.1 Å². The molecular weight excluding hydrogens is 637 g/mol. The van der Waals surface area contributed by atoms with Crippen LogP contribution in [0.2, 0.25) is 0 Å². The van der Waals surface area contributed by atoms with E-state index in [0.717, 1.165) is 71.5 Å². The standard InChI is InChI=1S/C47H28N4O/c1-2-14-34(15-3-1)51-41-19-8-6-16-35(41)36-24-23-33(26-42(36)51)46-48-45(32-22-21-29-11-4-5-12-30(29)25-32)49-47(50-46)38-18-10-13-31-27-44-40(28-39(31)38)37-17-7-9-20-43(37)52-44/h1-28H. The molecule has 11 aromatic rings. The first kappa shape index (κ1) is 28.7. The van der Waals surface area contributed by atoms with Gasteiger partial charge >= 0.3 is 0 Å². The maximum Gasteiger partial charge on any atom is 0.164 e. The molecule has 5 heteroatoms. The Labute approximate surface area is 298 Å². The minimum atomic E-state index is 0.617. The topological polar surface area (TPSA) is 56.7 Å². The largest absolute Gasteiger partial charge is 0.456 e. The molecule has 0 spiro atoms. The van der Waals surface area contributed by atoms with Crippen LogP contribution in [0, 0.1) is 0 Å². The first-order valence-corrected chi connectivity index (χ1v) is 17.4. The molecule has 0 aliphatic rings. The maximum atomic E-state index is 6.25. The molecule has 0 saturated heterocycles. The van der Waals surface area contributed by atoms with Crippen molar-refractivity contribution in [2.75, 3.05) is 0 Å². The summed E-state index contributed by atoms with van der Waals surface area (Å²) in [6, 6.07) is 59.2. The van der Waals surface area contributed by atoms with Crippen molar-refractivity contribution in [3.8, 4) is 39.9 Å². The number of rotatable bonds is 4. The minimum absolute atomic E-state index is 0.617. The zero-order chi connectivity index (χ0) is 34.2. The van der Waals surface area contributed by atoms with Crippen LogP contribution in [-0.4, -0.2) is 19.5 Å². The molecule has 3 heterocycles. The van der Waals surface area contributed by atoms with Gasteiger partial charge in [0.2, 0.25) is 0 Å². The molecule has 52 heavy (non-hydrogen) atoms. The van der Waals surface area contributed by atoms with Gasteiger partial charge in [-0.15, -0.1) is 0 Å². The van der Waals surface area contributed by atoms with E-state index in [-0.39, 0.29) is 0 Å². The van der Waals surface area contributed by atoms with Crippen LogP contribution in [-0.2, 0) is 0 Å². The number of benzene rings is 8. The molecule has 11 rings (SSSR count). The van der Waals surface area contributed by atoms with Crippen LogP contribution in [0.15, 0.2) is 174 Å². The second kappa shape index (κ2) is 11.2. The van der Waals surface area contributed by atoms with E-state index >= 15 is 0 Å². The normalized spacial score (nSPS) is 11.8. The monoisotopic (exact) mass is 664 g/mol. The van der Waals surface area contributed by atoms with Crippen LogP contribution in [0.3, 0.4) is 0 Å². The third-order valence-corrected chi connectivity index (χ3v) is 10.2. The number of hydrogen-bond acceptors (Lipinski definition) is 4. The van der Waals surface area contributed by atoms with E-state index in [1.54, 1.807) is 0 Å². The highest BCUT2D eigenvalue weighted by atomic mass is 16.3. The van der Waals surface area contributed by atoms with E-state index in [4.69, 9.17) is 19.4 Å². The molecule has 3 aromatic heterocycles. The molecule has 0 aliphatic heterocycles. The third kappa shape index (κ3) is 4.46. The van der Waals surface area contributed by atoms with Crippen LogP contribution < -0.4 is 0 Å². The van der Waals surface area contributed by atoms with Gasteiger partial charge in [-0.2, -0.15) is 0 Å². The van der Waals surface area contributed by atoms with Gasteiger partial charge < -0.3 is 8.98 Å². The number of fused-ring (bicyclic) bond motifs is 8. The fourth-order valence-electron chi connectivity index (χ4n) is 7.74. The molecule has 242 valence electrons. The molecule has 0 aliphatic carbocycles. The van der Waals surface area contributed by atoms with Crippen LogP contribution in [0.1, 0.15) is 0 Å². The highest BCUT2D eigenvalue weighted by molar-refractivity contribution is 6.13. The number of furan rings is 1. The Hall–Kier alpha value is -7.11. The fourth-order valence-corrected chi connectivity index (χ4v) is 7.74. The summed E-state index contributed by atoms with van der Waals surface area (Å²) >= 11 is 0. The van der Waals surface area contributed by atoms with Gasteiger partial charge in [-0.3, -0.25) is 0 Å². The van der Waals surface area contributed by atoms with Crippen LogP contribution in [0.25, 0.3) is 105 Å². The van der Waals surface area contributed by atoms with Crippen molar-refractivity contribution in [3.05, 3.63) is 170 Å². The Balaban J connectivity index is 1.17. The van der Waals surface area contributed by atoms with Crippen molar-refractivity contribution in [1.82, 2.24) is 19.5 Å². The lowest BCUT2D eigenvalue weighted by Crippen LogP contribution is -2.01. The van der Waals surface area contributed by atoms with Gasteiger partial charge in [-0.05, 0) is 70.1 Å². The highest BCUT2D eigenvalue weighted by Crippen LogP contribution is 2.38. The van der Waals surface area contributed by atoms with Crippen molar-refractivity contribution >= 4 is 65.3 Å². The molecule has 0 fully saturated rings. The number of aromatic nitrogens is 4. The van der Waals surface area contributed by atoms with Gasteiger partial charge in [0.15, 0.2) is 17.5 Å². The second-order valence-corrected chi connectivity index (χ2v) is 13.3. The average molecular weight is 665 g/mol. The first-order valence-electron chi connectivity index (χ1n) is 17.4. The van der Waals surface area contributed by atoms with E-state index in [2.05, 4.69) is 162 Å². The van der Waals surface area contributed by atoms with Crippen LogP contribution in [0.4, 0.5) is 0 Å². The zero-order valence-electron chi connectivity index (χ0n) is 27.9. The van der Waals surface area contributed by atoms with Gasteiger partial charge in [0.05, 0.1) is 11.0 Å². The van der Waals surface area contributed by atoms with E-state index < -0.39 is 0 Å². The molecule has 0 amide bonds. The molecule has 5 nitrogen and oxygen atoms in total. The van der Waals surface area contributed by atoms with Crippen molar-refractivity contribution in [2.45, 2.75) is 0 Å². The SMILES string of the molecule is c1ccc(-n2c3ccccc3c3ccc(-c4nc(-c5ccc6ccccc6c5)nc(-c5cccc6cc7oc8ccccc8c7cc56)n4)cc32)cc1. The quantitative estimate of drug-likeness (QED) is 0.188. The number of para-hydroxylation sites is 3. The van der Waals surface area contributed by atoms with Gasteiger partial charge in [0.25, 0.3) is 0 Å². The summed E-state index contributed by atoms with van der Waals surface area (Å²) in [5, 5.41) is 8.97. The Bertz CT molecular complexity index is 3190. The van der Waals surface area contributed by atoms with Crippen molar-refractivity contribution < 1.29 is 4.42 Å². The average Bonchev–Trinajstić information content (AvgIpc) is 3.74. The van der Waals surface area contributed by atoms with E-state index in [0.29, 0.717) is 17.5 Å². The molecule has 8 aromatic carbocycles. The Morgan fingerprint density at radius 2 is 1.04 bits per heavy atom. The minimum Gasteiger partial charge on any atom is -0.456 e. The summed E-state index contributed by atoms with van der Waals surface area (Å²) in [6.07, 6.45) is 0. The van der Waals surface area contributed by atoms with Gasteiger partial charge in [-0.1, -0.05) is 121 Å². The number of nitrogens with zero attached hydrogens (tertiary/aromatic N) is 4. The third-order valence-electron chi connectivity index (χ3n) is 10.2. The van der Waals surface area contributed by atoms with Gasteiger partial charge in [0, 0.05) is 43.9 Å². The molecule has 0 unspecified atom stereocenters. The maximum absolute atomic E-state index is 6.25. The van der Waals surface area contributed by atoms with Gasteiger partial charge in [-0.25, -0.2) is 15.0 Å². The van der Waals surface area contributed by atoms with Crippen molar-refractivity contribution in [2.24, 2.45) is 0 Å². The molecule has 0 radical (unpaired) electrons. The van der Waals surface area contributed by atoms with Crippen molar-refractivity contribution in [1.29, 1.82) is 0 Å². The highest BCUT2D eigenvalue weighted by Gasteiger charge is 2.18. The first-order chi connectivity index (χ1) is 25.7. The lowest BCUT2D eigenvalue weighted by Gasteiger charge is -2.12. The number of hydrogen-bond donors (Lipinski definition) is 0. The zero-order valence-corrected chi connectivity index (χ0v) is 27.9. The van der Waals surface area contributed by atoms with E-state index in [9.17, 15) is 0 Å². The summed E-state index contributed by atoms with van der Waals surface area (Å²) in [7, 11) is 0. The summed E-state index contributed by atoms with van der Waals surface area (Å²) in [5.41, 5.74) is 7.89. The summed E-state index contributed by atoms with van der Waals surface area (Å²) in [5.74, 6) is 1.86. The summed E-state index contributed by atoms with van der Waals surface area (Å²) in [6.45, 7) is 0. The van der Waals surface area contributed by atoms with Crippen LogP contribution in [0.5, 0.6) is 0 Å². The lowest BCUT2D eigenvalue weighted by molar-refractivity contribution is 0.669. The predicted octanol–water partition coefficient (Wildman–Crippen LogP) is 12.2. The smallest absolute Gasteiger partial charge is 0.164 e. The van der Waals surface area contributed by atoms with Crippen LogP contribution >= 0.6 is 0 Å². The molecular formula is C47H28N4O. The second-order valence-electron chi connectivity index (χ2n) is 13.3. The molecule has 0 atom stereocenters. The van der Waals surface area contributed by atoms with E-state index in [1.165, 1.54) is 16.2 Å². The molecule has 0 bridgehead atoms. The Morgan fingerprint density at radius 3 is 1.92 bits per heavy atom. The lowest BCUT2D eigenvalue weighted by atomic mass is 10.0. The molecule has 0 saturated carbocycles. The molecule has 0 N–H and O–H groups in total. The Kier molecular flexibility index (Phi) is 6.18. The summed E-state index contributed by atoms with van der Waals surface area (Å²) in [4.78, 5) is 15.6. The van der Waals surface area contributed by atoms with Gasteiger partial charge in [0.1, 0.15) is 11.2 Å². The Morgan fingerprint density at radius 1 is 0.365 bits per heavy atom. The fraction of sp³-hybridized carbons (Fsp3) is 0. The van der Waals surface area contributed by atoms with Crippen molar-refractivity contribution in [3.63, 3.8) is 0 Å².